The number of hydrogen-bond acceptors (Lipinski definition) is 3. The summed E-state index contributed by atoms with van der Waals surface area (Å²) < 4.78 is 0. The van der Waals surface area contributed by atoms with E-state index in [1.807, 2.05) is 97.1 Å². The van der Waals surface area contributed by atoms with Crippen molar-refractivity contribution in [1.29, 1.82) is 0 Å². The lowest BCUT2D eigenvalue weighted by molar-refractivity contribution is -0.139. The third kappa shape index (κ3) is 4.88. The number of hydrogen-bond donors (Lipinski definition) is 2. The first-order chi connectivity index (χ1) is 18.4. The maximum absolute atomic E-state index is 14.6. The summed E-state index contributed by atoms with van der Waals surface area (Å²) in [5, 5.41) is 10.4. The van der Waals surface area contributed by atoms with Crippen LogP contribution in [0.4, 0.5) is 0 Å². The highest BCUT2D eigenvalue weighted by Crippen LogP contribution is 2.52. The maximum Gasteiger partial charge on any atom is 0.146 e. The Morgan fingerprint density at radius 1 is 0.395 bits per heavy atom. The molecule has 6 atom stereocenters. The second-order valence-electron chi connectivity index (χ2n) is 9.90. The van der Waals surface area contributed by atoms with Crippen LogP contribution in [0.15, 0.2) is 97.1 Å². The van der Waals surface area contributed by atoms with Gasteiger partial charge in [-0.1, -0.05) is 94.9 Å². The van der Waals surface area contributed by atoms with E-state index in [0.717, 1.165) is 22.3 Å². The van der Waals surface area contributed by atoms with Crippen LogP contribution >= 0.6 is 46.4 Å². The van der Waals surface area contributed by atoms with Crippen LogP contribution in [-0.2, 0) is 4.79 Å². The van der Waals surface area contributed by atoms with Crippen molar-refractivity contribution in [2.45, 2.75) is 24.2 Å². The molecule has 38 heavy (non-hydrogen) atoms. The summed E-state index contributed by atoms with van der Waals surface area (Å²) >= 11 is 24.9. The third-order valence-corrected chi connectivity index (χ3v) is 8.74. The standard InChI is InChI=1S/C31H24Cl4N2O/c32-21-9-1-17(2-10-21)27-25-28(18-3-11-22(33)12-4-18)37-30(20-7-15-24(35)16-8-20)26(31(25)38)29(36-27)19-5-13-23(34)14-6-19/h1-16,25-30,36-37H/t25?,26?,27-,28+,29-,30+. The monoisotopic (exact) mass is 580 g/mol. The SMILES string of the molecule is O=C1C2[C@@H](c3ccc(Cl)cc3)N[C@H](c3ccc(Cl)cc3)C1[C@H](c1ccc(Cl)cc1)N[C@H]2c1ccc(Cl)cc1. The fraction of sp³-hybridized carbons (Fsp3) is 0.194. The molecule has 0 saturated carbocycles. The predicted molar refractivity (Wildman–Crippen MR) is 155 cm³/mol. The Bertz CT molecular complexity index is 1230. The van der Waals surface area contributed by atoms with E-state index >= 15 is 0 Å². The van der Waals surface area contributed by atoms with E-state index in [-0.39, 0.29) is 41.8 Å². The highest BCUT2D eigenvalue weighted by atomic mass is 35.5. The van der Waals surface area contributed by atoms with Gasteiger partial charge >= 0.3 is 0 Å². The van der Waals surface area contributed by atoms with Gasteiger partial charge in [0, 0.05) is 44.3 Å². The molecule has 2 N–H and O–H groups in total. The number of piperidine rings is 2. The molecule has 4 aromatic carbocycles. The summed E-state index contributed by atoms with van der Waals surface area (Å²) in [4.78, 5) is 14.6. The average molecular weight is 582 g/mol. The fourth-order valence-electron chi connectivity index (χ4n) is 5.96. The van der Waals surface area contributed by atoms with Crippen molar-refractivity contribution in [3.63, 3.8) is 0 Å². The van der Waals surface area contributed by atoms with E-state index in [0.29, 0.717) is 20.1 Å². The summed E-state index contributed by atoms with van der Waals surface area (Å²) in [7, 11) is 0. The molecule has 3 nitrogen and oxygen atoms in total. The molecule has 2 aliphatic heterocycles. The van der Waals surface area contributed by atoms with E-state index < -0.39 is 0 Å². The molecule has 2 heterocycles. The van der Waals surface area contributed by atoms with E-state index in [4.69, 9.17) is 46.4 Å². The number of benzene rings is 4. The van der Waals surface area contributed by atoms with E-state index in [1.54, 1.807) is 0 Å². The smallest absolute Gasteiger partial charge is 0.146 e. The number of rotatable bonds is 4. The van der Waals surface area contributed by atoms with Gasteiger partial charge in [-0.25, -0.2) is 0 Å². The minimum atomic E-state index is -0.352. The lowest BCUT2D eigenvalue weighted by Gasteiger charge is -2.52. The quantitative estimate of drug-likeness (QED) is 0.253. The van der Waals surface area contributed by atoms with Crippen molar-refractivity contribution < 1.29 is 4.79 Å². The highest BCUT2D eigenvalue weighted by Gasteiger charge is 2.55. The largest absolute Gasteiger partial charge is 0.302 e. The van der Waals surface area contributed by atoms with Crippen molar-refractivity contribution >= 4 is 52.2 Å². The zero-order valence-electron chi connectivity index (χ0n) is 20.1. The van der Waals surface area contributed by atoms with Crippen molar-refractivity contribution in [3.05, 3.63) is 139 Å². The molecule has 2 saturated heterocycles. The van der Waals surface area contributed by atoms with Crippen molar-refractivity contribution in [3.8, 4) is 0 Å². The van der Waals surface area contributed by atoms with Crippen molar-refractivity contribution in [1.82, 2.24) is 10.6 Å². The Morgan fingerprint density at radius 3 is 0.816 bits per heavy atom. The molecule has 0 aromatic heterocycles. The molecule has 2 unspecified atom stereocenters. The Balaban J connectivity index is 1.51. The summed E-state index contributed by atoms with van der Waals surface area (Å²) in [5.41, 5.74) is 4.04. The number of halogens is 4. The highest BCUT2D eigenvalue weighted by molar-refractivity contribution is 6.31. The predicted octanol–water partition coefficient (Wildman–Crippen LogP) is 8.57. The van der Waals surface area contributed by atoms with E-state index in [1.165, 1.54) is 0 Å². The first-order valence-corrected chi connectivity index (χ1v) is 14.0. The van der Waals surface area contributed by atoms with Crippen LogP contribution in [0.5, 0.6) is 0 Å². The Labute approximate surface area is 242 Å². The summed E-state index contributed by atoms with van der Waals surface area (Å²) in [6, 6.07) is 30.0. The van der Waals surface area contributed by atoms with Gasteiger partial charge in [-0.15, -0.1) is 0 Å². The number of fused-ring (bicyclic) bond motifs is 2. The summed E-state index contributed by atoms with van der Waals surface area (Å²) in [5.74, 6) is -0.494. The van der Waals surface area contributed by atoms with Crippen molar-refractivity contribution in [2.24, 2.45) is 11.8 Å². The number of carbonyl (C=O) groups excluding carboxylic acids is 1. The molecule has 0 amide bonds. The Kier molecular flexibility index (Phi) is 7.26. The Hall–Kier alpha value is -2.37. The second-order valence-corrected chi connectivity index (χ2v) is 11.6. The van der Waals surface area contributed by atoms with Crippen LogP contribution in [0.2, 0.25) is 20.1 Å². The van der Waals surface area contributed by atoms with Gasteiger partial charge in [0.1, 0.15) is 5.78 Å². The van der Waals surface area contributed by atoms with Gasteiger partial charge < -0.3 is 10.6 Å². The summed E-state index contributed by atoms with van der Waals surface area (Å²) in [6.07, 6.45) is 0. The molecule has 192 valence electrons. The molecule has 7 heteroatoms. The first kappa shape index (κ1) is 25.9. The molecule has 2 bridgehead atoms. The molecule has 2 fully saturated rings. The lowest BCUT2D eigenvalue weighted by Crippen LogP contribution is -2.60. The van der Waals surface area contributed by atoms with Gasteiger partial charge in [0.15, 0.2) is 0 Å². The molecule has 0 spiro atoms. The minimum Gasteiger partial charge on any atom is -0.302 e. The normalized spacial score (nSPS) is 26.8. The van der Waals surface area contributed by atoms with Crippen molar-refractivity contribution in [2.75, 3.05) is 0 Å². The van der Waals surface area contributed by atoms with Gasteiger partial charge in [0.25, 0.3) is 0 Å². The zero-order valence-corrected chi connectivity index (χ0v) is 23.1. The molecule has 0 radical (unpaired) electrons. The van der Waals surface area contributed by atoms with Gasteiger partial charge in [-0.05, 0) is 70.8 Å². The second kappa shape index (κ2) is 10.7. The molecule has 4 aromatic rings. The number of Topliss-reactive ketones (excluding diaryl/α,β-unsaturated/α-hetero) is 1. The number of carbonyl (C=O) groups is 1. The van der Waals surface area contributed by atoms with Crippen LogP contribution in [0.3, 0.4) is 0 Å². The van der Waals surface area contributed by atoms with Gasteiger partial charge in [0.2, 0.25) is 0 Å². The molecule has 2 aliphatic rings. The lowest BCUT2D eigenvalue weighted by atomic mass is 9.64. The fourth-order valence-corrected chi connectivity index (χ4v) is 6.46. The number of ketones is 1. The van der Waals surface area contributed by atoms with Crippen LogP contribution in [-0.4, -0.2) is 5.78 Å². The molecular formula is C31H24Cl4N2O. The van der Waals surface area contributed by atoms with Gasteiger partial charge in [-0.3, -0.25) is 4.79 Å². The maximum atomic E-state index is 14.6. The third-order valence-electron chi connectivity index (χ3n) is 7.73. The van der Waals surface area contributed by atoms with E-state index in [2.05, 4.69) is 10.6 Å². The van der Waals surface area contributed by atoms with Crippen LogP contribution in [0.1, 0.15) is 46.4 Å². The van der Waals surface area contributed by atoms with Gasteiger partial charge in [-0.2, -0.15) is 0 Å². The zero-order chi connectivity index (χ0) is 26.4. The molecular weight excluding hydrogens is 558 g/mol. The first-order valence-electron chi connectivity index (χ1n) is 12.5. The molecule has 6 rings (SSSR count). The number of nitrogens with one attached hydrogen (secondary N) is 2. The Morgan fingerprint density at radius 2 is 0.605 bits per heavy atom. The van der Waals surface area contributed by atoms with Crippen LogP contribution < -0.4 is 10.6 Å². The summed E-state index contributed by atoms with van der Waals surface area (Å²) in [6.45, 7) is 0. The average Bonchev–Trinajstić information content (AvgIpc) is 2.91. The topological polar surface area (TPSA) is 41.1 Å². The minimum absolute atomic E-state index is 0.210. The van der Waals surface area contributed by atoms with Gasteiger partial charge in [0.05, 0.1) is 11.8 Å². The van der Waals surface area contributed by atoms with Crippen LogP contribution in [0, 0.1) is 11.8 Å². The van der Waals surface area contributed by atoms with Crippen LogP contribution in [0.25, 0.3) is 0 Å². The van der Waals surface area contributed by atoms with E-state index in [9.17, 15) is 4.79 Å². The molecule has 0 aliphatic carbocycles.